The van der Waals surface area contributed by atoms with Crippen molar-refractivity contribution < 1.29 is 0 Å². The van der Waals surface area contributed by atoms with Gasteiger partial charge in [-0.2, -0.15) is 0 Å². The maximum Gasteiger partial charge on any atom is 0.259 e. The molecule has 5 heteroatoms. The number of H-pyrrole nitrogens is 1. The van der Waals surface area contributed by atoms with Gasteiger partial charge in [-0.25, -0.2) is 4.98 Å². The van der Waals surface area contributed by atoms with Crippen LogP contribution in [0.3, 0.4) is 0 Å². The molecule has 0 aliphatic carbocycles. The van der Waals surface area contributed by atoms with E-state index in [9.17, 15) is 4.79 Å². The Hall–Kier alpha value is -1.20. The molecule has 3 N–H and O–H groups in total. The van der Waals surface area contributed by atoms with E-state index in [4.69, 9.17) is 5.73 Å². The van der Waals surface area contributed by atoms with Gasteiger partial charge in [-0.3, -0.25) is 4.79 Å². The second kappa shape index (κ2) is 3.75. The van der Waals surface area contributed by atoms with E-state index in [1.165, 1.54) is 0 Å². The van der Waals surface area contributed by atoms with Crippen molar-refractivity contribution in [1.82, 2.24) is 9.97 Å². The van der Waals surface area contributed by atoms with Crippen LogP contribution in [0.2, 0.25) is 0 Å². The fraction of sp³-hybridized carbons (Fsp3) is 0.400. The largest absolute Gasteiger partial charge is 0.330 e. The summed E-state index contributed by atoms with van der Waals surface area (Å²) < 4.78 is 0. The van der Waals surface area contributed by atoms with Crippen LogP contribution in [-0.4, -0.2) is 16.5 Å². The van der Waals surface area contributed by atoms with Crippen molar-refractivity contribution in [3.8, 4) is 0 Å². The van der Waals surface area contributed by atoms with Gasteiger partial charge in [-0.05, 0) is 26.0 Å². The monoisotopic (exact) mass is 223 g/mol. The van der Waals surface area contributed by atoms with E-state index < -0.39 is 0 Å². The van der Waals surface area contributed by atoms with Gasteiger partial charge < -0.3 is 10.7 Å². The third-order valence-electron chi connectivity index (χ3n) is 2.47. The summed E-state index contributed by atoms with van der Waals surface area (Å²) in [5, 5.41) is 0.721. The van der Waals surface area contributed by atoms with Crippen LogP contribution in [-0.2, 0) is 6.42 Å². The Balaban J connectivity index is 2.73. The lowest BCUT2D eigenvalue weighted by Gasteiger charge is -1.97. The smallest absolute Gasteiger partial charge is 0.259 e. The lowest BCUT2D eigenvalue weighted by atomic mass is 10.2. The van der Waals surface area contributed by atoms with E-state index in [0.29, 0.717) is 18.8 Å². The highest BCUT2D eigenvalue weighted by molar-refractivity contribution is 7.18. The third kappa shape index (κ3) is 1.68. The van der Waals surface area contributed by atoms with Gasteiger partial charge in [0.1, 0.15) is 10.7 Å². The van der Waals surface area contributed by atoms with Crippen molar-refractivity contribution in [2.24, 2.45) is 5.73 Å². The van der Waals surface area contributed by atoms with Crippen LogP contribution in [0.5, 0.6) is 0 Å². The first-order valence-corrected chi connectivity index (χ1v) is 5.64. The van der Waals surface area contributed by atoms with E-state index in [-0.39, 0.29) is 5.56 Å². The Labute approximate surface area is 91.2 Å². The standard InChI is InChI=1S/C10H13N3OS/c1-5-6(2)15-10-8(5)9(14)12-7(13-10)3-4-11/h3-4,11H2,1-2H3,(H,12,13,14). The normalized spacial score (nSPS) is 11.1. The number of thiophene rings is 1. The molecule has 0 atom stereocenters. The number of hydrogen-bond donors (Lipinski definition) is 2. The molecular weight excluding hydrogens is 210 g/mol. The number of nitrogens with two attached hydrogens (primary N) is 1. The summed E-state index contributed by atoms with van der Waals surface area (Å²) in [5.74, 6) is 0.677. The van der Waals surface area contributed by atoms with Crippen LogP contribution < -0.4 is 11.3 Å². The molecule has 0 fully saturated rings. The van der Waals surface area contributed by atoms with Gasteiger partial charge in [-0.15, -0.1) is 11.3 Å². The maximum atomic E-state index is 11.8. The molecule has 4 nitrogen and oxygen atoms in total. The maximum absolute atomic E-state index is 11.8. The Morgan fingerprint density at radius 3 is 2.87 bits per heavy atom. The molecule has 0 aromatic carbocycles. The van der Waals surface area contributed by atoms with Crippen molar-refractivity contribution in [3.63, 3.8) is 0 Å². The first-order valence-electron chi connectivity index (χ1n) is 4.82. The molecule has 0 unspecified atom stereocenters. The molecule has 2 heterocycles. The van der Waals surface area contributed by atoms with Gasteiger partial charge in [0.05, 0.1) is 5.39 Å². The predicted octanol–water partition coefficient (Wildman–Crippen LogP) is 1.10. The summed E-state index contributed by atoms with van der Waals surface area (Å²) in [5.41, 5.74) is 6.41. The van der Waals surface area contributed by atoms with E-state index in [0.717, 1.165) is 20.7 Å². The summed E-state index contributed by atoms with van der Waals surface area (Å²) >= 11 is 1.56. The minimum absolute atomic E-state index is 0.0506. The molecule has 0 radical (unpaired) electrons. The highest BCUT2D eigenvalue weighted by Gasteiger charge is 2.10. The Kier molecular flexibility index (Phi) is 2.58. The molecule has 0 amide bonds. The van der Waals surface area contributed by atoms with Crippen LogP contribution in [0.15, 0.2) is 4.79 Å². The van der Waals surface area contributed by atoms with E-state index in [1.807, 2.05) is 13.8 Å². The van der Waals surface area contributed by atoms with Crippen LogP contribution in [0, 0.1) is 13.8 Å². The molecule has 80 valence electrons. The minimum Gasteiger partial charge on any atom is -0.330 e. The number of aromatic amines is 1. The fourth-order valence-corrected chi connectivity index (χ4v) is 2.60. The zero-order chi connectivity index (χ0) is 11.0. The third-order valence-corrected chi connectivity index (χ3v) is 3.57. The van der Waals surface area contributed by atoms with Crippen LogP contribution in [0.25, 0.3) is 10.2 Å². The molecule has 0 saturated carbocycles. The first-order chi connectivity index (χ1) is 7.13. The van der Waals surface area contributed by atoms with Crippen molar-refractivity contribution in [3.05, 3.63) is 26.6 Å². The highest BCUT2D eigenvalue weighted by Crippen LogP contribution is 2.25. The number of hydrogen-bond acceptors (Lipinski definition) is 4. The lowest BCUT2D eigenvalue weighted by molar-refractivity contribution is 0.872. The summed E-state index contributed by atoms with van der Waals surface area (Å²) in [6.45, 7) is 4.45. The van der Waals surface area contributed by atoms with Gasteiger partial charge >= 0.3 is 0 Å². The second-order valence-electron chi connectivity index (χ2n) is 3.51. The summed E-state index contributed by atoms with van der Waals surface area (Å²) in [7, 11) is 0. The average molecular weight is 223 g/mol. The van der Waals surface area contributed by atoms with Crippen molar-refractivity contribution >= 4 is 21.6 Å². The number of aryl methyl sites for hydroxylation is 2. The molecule has 15 heavy (non-hydrogen) atoms. The summed E-state index contributed by atoms with van der Waals surface area (Å²) in [4.78, 5) is 20.9. The molecule has 0 aliphatic rings. The van der Waals surface area contributed by atoms with E-state index >= 15 is 0 Å². The molecule has 0 saturated heterocycles. The number of fused-ring (bicyclic) bond motifs is 1. The molecule has 2 aromatic heterocycles. The first kappa shape index (κ1) is 10.3. The zero-order valence-corrected chi connectivity index (χ0v) is 9.57. The Bertz CT molecular complexity index is 556. The molecule has 0 spiro atoms. The molecule has 2 rings (SSSR count). The molecule has 2 aromatic rings. The number of aromatic nitrogens is 2. The van der Waals surface area contributed by atoms with Gasteiger partial charge in [0.15, 0.2) is 0 Å². The topological polar surface area (TPSA) is 71.8 Å². The number of rotatable bonds is 2. The lowest BCUT2D eigenvalue weighted by Crippen LogP contribution is -2.14. The SMILES string of the molecule is Cc1sc2nc(CCN)[nH]c(=O)c2c1C. The minimum atomic E-state index is -0.0506. The Morgan fingerprint density at radius 2 is 2.20 bits per heavy atom. The van der Waals surface area contributed by atoms with Gasteiger partial charge in [0.2, 0.25) is 0 Å². The van der Waals surface area contributed by atoms with Gasteiger partial charge in [0.25, 0.3) is 5.56 Å². The van der Waals surface area contributed by atoms with Crippen LogP contribution >= 0.6 is 11.3 Å². The molecular formula is C10H13N3OS. The van der Waals surface area contributed by atoms with Gasteiger partial charge in [-0.1, -0.05) is 0 Å². The second-order valence-corrected chi connectivity index (χ2v) is 4.72. The van der Waals surface area contributed by atoms with Crippen LogP contribution in [0.1, 0.15) is 16.3 Å². The van der Waals surface area contributed by atoms with E-state index in [1.54, 1.807) is 11.3 Å². The molecule has 0 aliphatic heterocycles. The Morgan fingerprint density at radius 1 is 1.47 bits per heavy atom. The zero-order valence-electron chi connectivity index (χ0n) is 8.76. The van der Waals surface area contributed by atoms with Crippen molar-refractivity contribution in [2.45, 2.75) is 20.3 Å². The quantitative estimate of drug-likeness (QED) is 0.801. The summed E-state index contributed by atoms with van der Waals surface area (Å²) in [6.07, 6.45) is 0.612. The van der Waals surface area contributed by atoms with Gasteiger partial charge in [0, 0.05) is 11.3 Å². The van der Waals surface area contributed by atoms with E-state index in [2.05, 4.69) is 9.97 Å². The molecule has 0 bridgehead atoms. The van der Waals surface area contributed by atoms with Crippen LogP contribution in [0.4, 0.5) is 0 Å². The van der Waals surface area contributed by atoms with Crippen molar-refractivity contribution in [2.75, 3.05) is 6.54 Å². The summed E-state index contributed by atoms with van der Waals surface area (Å²) in [6, 6.07) is 0. The number of nitrogens with zero attached hydrogens (tertiary/aromatic N) is 1. The predicted molar refractivity (Wildman–Crippen MR) is 62.5 cm³/mol. The highest BCUT2D eigenvalue weighted by atomic mass is 32.1. The average Bonchev–Trinajstić information content (AvgIpc) is 2.43. The van der Waals surface area contributed by atoms with Crippen molar-refractivity contribution in [1.29, 1.82) is 0 Å². The fourth-order valence-electron chi connectivity index (χ4n) is 1.55. The number of nitrogens with one attached hydrogen (secondary N) is 1.